The molecule has 1 N–H and O–H groups in total. The van der Waals surface area contributed by atoms with Gasteiger partial charge in [0.1, 0.15) is 16.7 Å². The zero-order valence-corrected chi connectivity index (χ0v) is 24.2. The van der Waals surface area contributed by atoms with Crippen molar-refractivity contribution in [3.63, 3.8) is 0 Å². The van der Waals surface area contributed by atoms with Crippen LogP contribution in [0.5, 0.6) is 5.75 Å². The predicted molar refractivity (Wildman–Crippen MR) is 146 cm³/mol. The van der Waals surface area contributed by atoms with Crippen LogP contribution in [-0.4, -0.2) is 51.4 Å². The SMILES string of the molecule is CC[C@@H]1CN(Cc2cc(C(CCc3cn(CC)nn3)C(C)(C)C(=O)O)sc2C)S(=O)(=O)c2ccccc2O1. The standard InChI is InChI=1S/C27H36N4O5S2/c1-6-21-17-31(38(34,35)25-11-9-8-10-23(25)36-21)15-19-14-24(37-18(19)3)22(27(4,5)26(32)33)13-12-20-16-30(7-2)29-28-20/h8-11,14,16,21-22H,6-7,12-13,15,17H2,1-5H3,(H,32,33)/t21-,22?/m1/s1. The van der Waals surface area contributed by atoms with E-state index in [9.17, 15) is 18.3 Å². The van der Waals surface area contributed by atoms with E-state index in [1.54, 1.807) is 54.1 Å². The lowest BCUT2D eigenvalue weighted by Gasteiger charge is -2.29. The number of hydrogen-bond donors (Lipinski definition) is 1. The molecule has 3 aromatic rings. The van der Waals surface area contributed by atoms with Gasteiger partial charge in [0, 0.05) is 35.0 Å². The number of thiophene rings is 1. The summed E-state index contributed by atoms with van der Waals surface area (Å²) in [7, 11) is -3.78. The number of fused-ring (bicyclic) bond motifs is 1. The number of carboxylic acid groups (broad SMARTS) is 1. The minimum atomic E-state index is -3.78. The summed E-state index contributed by atoms with van der Waals surface area (Å²) in [6.45, 7) is 10.6. The number of para-hydroxylation sites is 1. The van der Waals surface area contributed by atoms with Crippen molar-refractivity contribution in [3.8, 4) is 5.75 Å². The van der Waals surface area contributed by atoms with Gasteiger partial charge in [0.15, 0.2) is 0 Å². The van der Waals surface area contributed by atoms with Crippen LogP contribution in [0.2, 0.25) is 0 Å². The van der Waals surface area contributed by atoms with Crippen LogP contribution in [0.1, 0.15) is 67.5 Å². The maximum Gasteiger partial charge on any atom is 0.309 e. The lowest BCUT2D eigenvalue weighted by Crippen LogP contribution is -2.36. The Labute approximate surface area is 228 Å². The molecule has 1 aliphatic heterocycles. The molecule has 1 aliphatic rings. The van der Waals surface area contributed by atoms with Gasteiger partial charge in [0.05, 0.1) is 17.7 Å². The van der Waals surface area contributed by atoms with Crippen LogP contribution in [0.4, 0.5) is 0 Å². The van der Waals surface area contributed by atoms with Gasteiger partial charge in [-0.25, -0.2) is 8.42 Å². The van der Waals surface area contributed by atoms with Crippen molar-refractivity contribution in [3.05, 3.63) is 57.5 Å². The molecule has 9 nitrogen and oxygen atoms in total. The third-order valence-corrected chi connectivity index (χ3v) is 10.4. The molecule has 2 atom stereocenters. The zero-order chi connectivity index (χ0) is 27.7. The second kappa shape index (κ2) is 11.2. The molecule has 4 rings (SSSR count). The van der Waals surface area contributed by atoms with E-state index in [1.807, 2.05) is 33.0 Å². The molecule has 1 unspecified atom stereocenters. The third-order valence-electron chi connectivity index (χ3n) is 7.37. The van der Waals surface area contributed by atoms with E-state index in [0.29, 0.717) is 25.0 Å². The fraction of sp³-hybridized carbons (Fsp3) is 0.519. The largest absolute Gasteiger partial charge is 0.488 e. The molecule has 1 aromatic carbocycles. The van der Waals surface area contributed by atoms with Gasteiger partial charge in [-0.1, -0.05) is 24.3 Å². The van der Waals surface area contributed by atoms with E-state index in [-0.39, 0.29) is 30.0 Å². The Morgan fingerprint density at radius 3 is 2.68 bits per heavy atom. The summed E-state index contributed by atoms with van der Waals surface area (Å²) in [6, 6.07) is 8.76. The molecule has 0 saturated carbocycles. The Morgan fingerprint density at radius 1 is 1.29 bits per heavy atom. The van der Waals surface area contributed by atoms with E-state index in [2.05, 4.69) is 10.3 Å². The van der Waals surface area contributed by atoms with Crippen molar-refractivity contribution < 1.29 is 23.1 Å². The molecule has 0 amide bonds. The Bertz CT molecular complexity index is 1400. The smallest absolute Gasteiger partial charge is 0.309 e. The molecular weight excluding hydrogens is 524 g/mol. The van der Waals surface area contributed by atoms with Gasteiger partial charge < -0.3 is 9.84 Å². The Kier molecular flexibility index (Phi) is 8.29. The summed E-state index contributed by atoms with van der Waals surface area (Å²) in [4.78, 5) is 14.4. The fourth-order valence-electron chi connectivity index (χ4n) is 4.78. The molecular formula is C27H36N4O5S2. The van der Waals surface area contributed by atoms with E-state index in [4.69, 9.17) is 4.74 Å². The number of rotatable bonds is 10. The third kappa shape index (κ3) is 5.64. The molecule has 0 aliphatic carbocycles. The van der Waals surface area contributed by atoms with E-state index in [0.717, 1.165) is 27.6 Å². The average Bonchev–Trinajstić information content (AvgIpc) is 3.46. The normalized spacial score (nSPS) is 18.4. The number of carboxylic acids is 1. The average molecular weight is 561 g/mol. The first-order chi connectivity index (χ1) is 18.0. The molecule has 0 fully saturated rings. The summed E-state index contributed by atoms with van der Waals surface area (Å²) in [5.41, 5.74) is 0.682. The summed E-state index contributed by atoms with van der Waals surface area (Å²) in [5, 5.41) is 18.4. The van der Waals surface area contributed by atoms with Crippen LogP contribution in [0.15, 0.2) is 41.4 Å². The quantitative estimate of drug-likeness (QED) is 0.377. The number of hydrogen-bond acceptors (Lipinski definition) is 7. The highest BCUT2D eigenvalue weighted by molar-refractivity contribution is 7.89. The van der Waals surface area contributed by atoms with Crippen LogP contribution in [0.25, 0.3) is 0 Å². The monoisotopic (exact) mass is 560 g/mol. The van der Waals surface area contributed by atoms with Gasteiger partial charge >= 0.3 is 5.97 Å². The van der Waals surface area contributed by atoms with Gasteiger partial charge in [-0.2, -0.15) is 4.31 Å². The van der Waals surface area contributed by atoms with Crippen LogP contribution in [-0.2, 0) is 34.3 Å². The minimum Gasteiger partial charge on any atom is -0.488 e. The minimum absolute atomic E-state index is 0.175. The Balaban J connectivity index is 1.64. The maximum atomic E-state index is 13.6. The maximum absolute atomic E-state index is 13.6. The Hall–Kier alpha value is -2.76. The molecule has 206 valence electrons. The fourth-order valence-corrected chi connectivity index (χ4v) is 7.71. The molecule has 0 radical (unpaired) electrons. The first-order valence-corrected chi connectivity index (χ1v) is 15.2. The highest BCUT2D eigenvalue weighted by Gasteiger charge is 2.39. The number of carbonyl (C=O) groups is 1. The zero-order valence-electron chi connectivity index (χ0n) is 22.5. The van der Waals surface area contributed by atoms with Gasteiger partial charge in [-0.15, -0.1) is 16.4 Å². The van der Waals surface area contributed by atoms with Crippen LogP contribution in [0.3, 0.4) is 0 Å². The van der Waals surface area contributed by atoms with Crippen LogP contribution < -0.4 is 4.74 Å². The summed E-state index contributed by atoms with van der Waals surface area (Å²) in [6.07, 6.45) is 3.49. The molecule has 0 spiro atoms. The van der Waals surface area contributed by atoms with Gasteiger partial charge in [-0.3, -0.25) is 9.48 Å². The first-order valence-electron chi connectivity index (χ1n) is 12.9. The topological polar surface area (TPSA) is 115 Å². The van der Waals surface area contributed by atoms with Crippen molar-refractivity contribution in [1.82, 2.24) is 19.3 Å². The van der Waals surface area contributed by atoms with Crippen molar-refractivity contribution in [2.45, 2.75) is 83.9 Å². The van der Waals surface area contributed by atoms with Gasteiger partial charge in [0.2, 0.25) is 10.0 Å². The number of aryl methyl sites for hydroxylation is 3. The van der Waals surface area contributed by atoms with Crippen LogP contribution >= 0.6 is 11.3 Å². The second-order valence-corrected chi connectivity index (χ2v) is 13.5. The second-order valence-electron chi connectivity index (χ2n) is 10.3. The number of ether oxygens (including phenoxy) is 1. The molecule has 0 saturated heterocycles. The molecule has 2 aromatic heterocycles. The highest BCUT2D eigenvalue weighted by atomic mass is 32.2. The lowest BCUT2D eigenvalue weighted by molar-refractivity contribution is -0.148. The summed E-state index contributed by atoms with van der Waals surface area (Å²) in [5.74, 6) is -0.771. The van der Waals surface area contributed by atoms with Gasteiger partial charge in [0.25, 0.3) is 0 Å². The molecule has 38 heavy (non-hydrogen) atoms. The number of benzene rings is 1. The molecule has 11 heteroatoms. The van der Waals surface area contributed by atoms with E-state index < -0.39 is 21.4 Å². The molecule has 3 heterocycles. The number of aliphatic carboxylic acids is 1. The van der Waals surface area contributed by atoms with Crippen molar-refractivity contribution in [2.75, 3.05) is 6.54 Å². The Morgan fingerprint density at radius 2 is 2.03 bits per heavy atom. The predicted octanol–water partition coefficient (Wildman–Crippen LogP) is 4.86. The summed E-state index contributed by atoms with van der Waals surface area (Å²) >= 11 is 1.54. The highest BCUT2D eigenvalue weighted by Crippen LogP contribution is 2.43. The van der Waals surface area contributed by atoms with Crippen molar-refractivity contribution in [2.24, 2.45) is 5.41 Å². The lowest BCUT2D eigenvalue weighted by atomic mass is 9.75. The summed E-state index contributed by atoms with van der Waals surface area (Å²) < 4.78 is 36.6. The number of nitrogens with zero attached hydrogens (tertiary/aromatic N) is 4. The molecule has 0 bridgehead atoms. The van der Waals surface area contributed by atoms with Crippen molar-refractivity contribution in [1.29, 1.82) is 0 Å². The van der Waals surface area contributed by atoms with Gasteiger partial charge in [-0.05, 0) is 70.7 Å². The van der Waals surface area contributed by atoms with Crippen LogP contribution in [0, 0.1) is 12.3 Å². The van der Waals surface area contributed by atoms with E-state index in [1.165, 1.54) is 4.31 Å². The number of aromatic nitrogens is 3. The van der Waals surface area contributed by atoms with E-state index >= 15 is 0 Å². The number of sulfonamides is 1. The van der Waals surface area contributed by atoms with Crippen molar-refractivity contribution >= 4 is 27.3 Å². The first kappa shape index (κ1) is 28.3.